The van der Waals surface area contributed by atoms with Crippen LogP contribution in [0.5, 0.6) is 0 Å². The molecule has 1 atom stereocenters. The Morgan fingerprint density at radius 3 is 0.738 bits per heavy atom. The zero-order chi connectivity index (χ0) is 57.8. The maximum absolute atomic E-state index is 12.9. The lowest BCUT2D eigenvalue weighted by Gasteiger charge is -2.18. The summed E-state index contributed by atoms with van der Waals surface area (Å²) < 4.78 is 16.8. The Labute approximate surface area is 497 Å². The van der Waals surface area contributed by atoms with Gasteiger partial charge in [0.05, 0.1) is 0 Å². The molecule has 0 N–H and O–H groups in total. The maximum atomic E-state index is 12.9. The Hall–Kier alpha value is -3.15. The van der Waals surface area contributed by atoms with Gasteiger partial charge in [0.25, 0.3) is 0 Å². The largest absolute Gasteiger partial charge is 0.462 e. The molecular weight excluding hydrogens is 985 g/mol. The van der Waals surface area contributed by atoms with Crippen molar-refractivity contribution < 1.29 is 28.6 Å². The molecule has 0 saturated heterocycles. The van der Waals surface area contributed by atoms with Crippen molar-refractivity contribution in [1.29, 1.82) is 0 Å². The third kappa shape index (κ3) is 65.7. The normalized spacial score (nSPS) is 12.5. The molecule has 0 heterocycles. The van der Waals surface area contributed by atoms with E-state index in [1.54, 1.807) is 0 Å². The SMILES string of the molecule is CC/C=C\C/C=C\C/C=C\C/C=C\C/C=C\C/C=C\CCC(=O)OC(COC(=O)CCCCCCCCCCCC)COC(=O)CCCCCCCCCCCCCCCCCCCCCCCCCCCCCCCCCCC. The van der Waals surface area contributed by atoms with Gasteiger partial charge in [0.15, 0.2) is 6.10 Å². The van der Waals surface area contributed by atoms with Gasteiger partial charge in [-0.2, -0.15) is 0 Å². The minimum Gasteiger partial charge on any atom is -0.462 e. The molecule has 0 aromatic rings. The zero-order valence-corrected chi connectivity index (χ0v) is 53.3. The van der Waals surface area contributed by atoms with E-state index in [1.807, 2.05) is 6.08 Å². The van der Waals surface area contributed by atoms with Gasteiger partial charge in [-0.1, -0.05) is 357 Å². The second-order valence-corrected chi connectivity index (χ2v) is 23.4. The fraction of sp³-hybridized carbons (Fsp3) is 0.797. The van der Waals surface area contributed by atoms with Crippen molar-refractivity contribution in [2.24, 2.45) is 0 Å². The van der Waals surface area contributed by atoms with Gasteiger partial charge in [-0.05, 0) is 57.8 Å². The van der Waals surface area contributed by atoms with Crippen molar-refractivity contribution in [3.63, 3.8) is 0 Å². The predicted octanol–water partition coefficient (Wildman–Crippen LogP) is 24.1. The summed E-state index contributed by atoms with van der Waals surface area (Å²) >= 11 is 0. The van der Waals surface area contributed by atoms with Crippen molar-refractivity contribution >= 4 is 17.9 Å². The summed E-state index contributed by atoms with van der Waals surface area (Å²) in [5, 5.41) is 0. The van der Waals surface area contributed by atoms with Crippen LogP contribution in [-0.4, -0.2) is 37.2 Å². The smallest absolute Gasteiger partial charge is 0.306 e. The molecule has 80 heavy (non-hydrogen) atoms. The van der Waals surface area contributed by atoms with Crippen LogP contribution in [0.25, 0.3) is 0 Å². The maximum Gasteiger partial charge on any atom is 0.306 e. The molecule has 0 saturated carbocycles. The van der Waals surface area contributed by atoms with Crippen LogP contribution >= 0.6 is 0 Å². The Kier molecular flexibility index (Phi) is 65.7. The third-order valence-corrected chi connectivity index (χ3v) is 15.5. The van der Waals surface area contributed by atoms with Crippen molar-refractivity contribution in [2.45, 2.75) is 367 Å². The standard InChI is InChI=1S/C74H132O6/c1-4-7-10-13-16-19-22-24-26-28-30-31-32-33-34-35-36-37-38-39-40-41-42-43-45-46-48-50-52-55-58-61-64-67-73(76)79-70-71(69-78-72(75)66-63-60-57-54-21-18-15-12-9-6-3)80-74(77)68-65-62-59-56-53-51-49-47-44-29-27-25-23-20-17-14-11-8-5-2/h8,11,17,20,25,27,44,47,51,53,59,62,71H,4-7,9-10,12-16,18-19,21-24,26,28-43,45-46,48-50,52,54-58,60-61,63-70H2,1-3H3/b11-8-,20-17-,27-25-,47-44-,53-51-,62-59-. The number of hydrogen-bond donors (Lipinski definition) is 0. The van der Waals surface area contributed by atoms with E-state index < -0.39 is 6.10 Å². The molecule has 1 unspecified atom stereocenters. The Balaban J connectivity index is 4.13. The van der Waals surface area contributed by atoms with Crippen LogP contribution in [0.1, 0.15) is 361 Å². The third-order valence-electron chi connectivity index (χ3n) is 15.5. The van der Waals surface area contributed by atoms with Gasteiger partial charge in [0, 0.05) is 19.3 Å². The highest BCUT2D eigenvalue weighted by Gasteiger charge is 2.19. The number of carbonyl (C=O) groups excluding carboxylic acids is 3. The number of rotatable bonds is 64. The molecule has 6 heteroatoms. The van der Waals surface area contributed by atoms with Gasteiger partial charge >= 0.3 is 17.9 Å². The number of ether oxygens (including phenoxy) is 3. The zero-order valence-electron chi connectivity index (χ0n) is 53.3. The molecule has 0 aromatic carbocycles. The predicted molar refractivity (Wildman–Crippen MR) is 348 cm³/mol. The van der Waals surface area contributed by atoms with Crippen LogP contribution in [0.4, 0.5) is 0 Å². The molecule has 0 spiro atoms. The second kappa shape index (κ2) is 68.3. The van der Waals surface area contributed by atoms with Crippen LogP contribution in [-0.2, 0) is 28.6 Å². The van der Waals surface area contributed by atoms with Crippen LogP contribution in [0.2, 0.25) is 0 Å². The summed E-state index contributed by atoms with van der Waals surface area (Å²) in [6.07, 6.45) is 89.8. The van der Waals surface area contributed by atoms with Crippen LogP contribution < -0.4 is 0 Å². The van der Waals surface area contributed by atoms with Crippen molar-refractivity contribution in [1.82, 2.24) is 0 Å². The van der Waals surface area contributed by atoms with Gasteiger partial charge in [-0.25, -0.2) is 0 Å². The Morgan fingerprint density at radius 1 is 0.263 bits per heavy atom. The first kappa shape index (κ1) is 76.9. The first-order valence-electron chi connectivity index (χ1n) is 34.9. The first-order chi connectivity index (χ1) is 39.5. The topological polar surface area (TPSA) is 78.9 Å². The van der Waals surface area contributed by atoms with E-state index in [0.29, 0.717) is 19.3 Å². The van der Waals surface area contributed by atoms with E-state index >= 15 is 0 Å². The highest BCUT2D eigenvalue weighted by atomic mass is 16.6. The van der Waals surface area contributed by atoms with Gasteiger partial charge in [-0.3, -0.25) is 14.4 Å². The van der Waals surface area contributed by atoms with Gasteiger partial charge in [-0.15, -0.1) is 0 Å². The summed E-state index contributed by atoms with van der Waals surface area (Å²) in [7, 11) is 0. The fourth-order valence-electron chi connectivity index (χ4n) is 10.3. The number of carbonyl (C=O) groups is 3. The van der Waals surface area contributed by atoms with E-state index in [-0.39, 0.29) is 37.5 Å². The number of hydrogen-bond acceptors (Lipinski definition) is 6. The number of esters is 3. The average Bonchev–Trinajstić information content (AvgIpc) is 3.46. The van der Waals surface area contributed by atoms with Crippen molar-refractivity contribution in [3.8, 4) is 0 Å². The number of allylic oxidation sites excluding steroid dienone is 12. The van der Waals surface area contributed by atoms with E-state index in [1.165, 1.54) is 238 Å². The summed E-state index contributed by atoms with van der Waals surface area (Å²) in [6, 6.07) is 0. The van der Waals surface area contributed by atoms with E-state index in [4.69, 9.17) is 14.2 Å². The van der Waals surface area contributed by atoms with Crippen LogP contribution in [0, 0.1) is 0 Å². The minimum atomic E-state index is -0.813. The first-order valence-corrected chi connectivity index (χ1v) is 34.9. The van der Waals surface area contributed by atoms with Crippen molar-refractivity contribution in [2.75, 3.05) is 13.2 Å². The monoisotopic (exact) mass is 1120 g/mol. The molecule has 0 rings (SSSR count). The minimum absolute atomic E-state index is 0.102. The molecule has 0 fully saturated rings. The van der Waals surface area contributed by atoms with Gasteiger partial charge in [0.2, 0.25) is 0 Å². The molecule has 0 aromatic heterocycles. The molecule has 0 aliphatic rings. The molecule has 0 aliphatic heterocycles. The van der Waals surface area contributed by atoms with E-state index in [2.05, 4.69) is 87.6 Å². The summed E-state index contributed by atoms with van der Waals surface area (Å²) in [4.78, 5) is 38.2. The van der Waals surface area contributed by atoms with Gasteiger partial charge < -0.3 is 14.2 Å². The van der Waals surface area contributed by atoms with Crippen molar-refractivity contribution in [3.05, 3.63) is 72.9 Å². The van der Waals surface area contributed by atoms with Gasteiger partial charge in [0.1, 0.15) is 13.2 Å². The summed E-state index contributed by atoms with van der Waals surface area (Å²) in [5.74, 6) is -0.972. The second-order valence-electron chi connectivity index (χ2n) is 23.4. The highest BCUT2D eigenvalue weighted by molar-refractivity contribution is 5.71. The molecule has 6 nitrogen and oxygen atoms in total. The summed E-state index contributed by atoms with van der Waals surface area (Å²) in [5.41, 5.74) is 0. The lowest BCUT2D eigenvalue weighted by Crippen LogP contribution is -2.30. The van der Waals surface area contributed by atoms with Crippen LogP contribution in [0.3, 0.4) is 0 Å². The Bertz CT molecular complexity index is 1470. The Morgan fingerprint density at radius 2 is 0.487 bits per heavy atom. The van der Waals surface area contributed by atoms with E-state index in [9.17, 15) is 14.4 Å². The molecule has 0 radical (unpaired) electrons. The molecule has 0 aliphatic carbocycles. The highest BCUT2D eigenvalue weighted by Crippen LogP contribution is 2.18. The van der Waals surface area contributed by atoms with E-state index in [0.717, 1.165) is 77.0 Å². The molecule has 464 valence electrons. The molecule has 0 bridgehead atoms. The lowest BCUT2D eigenvalue weighted by atomic mass is 10.0. The molecular formula is C74H132O6. The lowest BCUT2D eigenvalue weighted by molar-refractivity contribution is -0.166. The quantitative estimate of drug-likeness (QED) is 0.0261. The number of unbranched alkanes of at least 4 members (excludes halogenated alkanes) is 41. The summed E-state index contributed by atoms with van der Waals surface area (Å²) in [6.45, 7) is 6.50. The molecule has 0 amide bonds. The fourth-order valence-corrected chi connectivity index (χ4v) is 10.3. The van der Waals surface area contributed by atoms with Crippen LogP contribution in [0.15, 0.2) is 72.9 Å². The average molecular weight is 1120 g/mol.